The minimum atomic E-state index is -5.24. The summed E-state index contributed by atoms with van der Waals surface area (Å²) in [5, 5.41) is 9.78. The van der Waals surface area contributed by atoms with Crippen LogP contribution in [0.3, 0.4) is 0 Å². The summed E-state index contributed by atoms with van der Waals surface area (Å²) in [7, 11) is 1.78. The second-order valence-electron chi connectivity index (χ2n) is 7.09. The Morgan fingerprint density at radius 1 is 1.41 bits per heavy atom. The lowest BCUT2D eigenvalue weighted by atomic mass is 9.91. The van der Waals surface area contributed by atoms with Crippen LogP contribution in [0.25, 0.3) is 11.0 Å². The Morgan fingerprint density at radius 3 is 2.79 bits per heavy atom. The Kier molecular flexibility index (Phi) is 5.46. The molecule has 154 valence electrons. The zero-order valence-corrected chi connectivity index (χ0v) is 15.8. The molecule has 1 N–H and O–H groups in total. The number of Topliss-reactive ketones (excluding diaryl/α,β-unsaturated/α-hetero) is 1. The number of carbonyl (C=O) groups is 2. The van der Waals surface area contributed by atoms with Crippen molar-refractivity contribution in [1.29, 1.82) is 5.26 Å². The van der Waals surface area contributed by atoms with Gasteiger partial charge in [-0.1, -0.05) is 6.92 Å². The number of aromatic nitrogens is 3. The number of ketones is 1. The van der Waals surface area contributed by atoms with Gasteiger partial charge in [0.1, 0.15) is 17.8 Å². The number of piperidine rings is 1. The first-order valence-electron chi connectivity index (χ1n) is 8.95. The number of halogens is 3. The summed E-state index contributed by atoms with van der Waals surface area (Å²) in [6, 6.07) is 2.76. The monoisotopic (exact) mass is 408 g/mol. The first-order valence-corrected chi connectivity index (χ1v) is 8.95. The number of carbonyl (C=O) groups excluding carboxylic acids is 2. The molecule has 1 saturated heterocycles. The number of hydrogen-bond donors (Lipinski definition) is 1. The lowest BCUT2D eigenvalue weighted by Gasteiger charge is -2.42. The normalized spacial score (nSPS) is 20.9. The maximum atomic E-state index is 12.7. The van der Waals surface area contributed by atoms with Crippen LogP contribution < -0.4 is 4.90 Å². The average molecular weight is 408 g/mol. The number of fused-ring (bicyclic) bond motifs is 1. The minimum Gasteiger partial charge on any atom is -0.354 e. The second-order valence-corrected chi connectivity index (χ2v) is 7.09. The molecular weight excluding hydrogens is 389 g/mol. The number of nitriles is 1. The van der Waals surface area contributed by atoms with Gasteiger partial charge in [0, 0.05) is 26.3 Å². The standard InChI is InChI=1S/C18H19F3N6O2/c1-10-4-6-27(17(29)12(7-22)14(28)18(19,20)21)8-13(10)26(2)16-11-3-5-23-15(11)24-9-25-16/h3,5,9-10,12-13H,4,6,8H2,1-2H3,(H,23,24,25)/t10-,12?,13+/m1/s1. The Hall–Kier alpha value is -3.16. The molecule has 2 aromatic heterocycles. The molecule has 0 radical (unpaired) electrons. The van der Waals surface area contributed by atoms with Gasteiger partial charge in [0.05, 0.1) is 17.5 Å². The van der Waals surface area contributed by atoms with Crippen LogP contribution in [0.15, 0.2) is 18.6 Å². The number of amides is 1. The number of nitrogens with zero attached hydrogens (tertiary/aromatic N) is 5. The van der Waals surface area contributed by atoms with Crippen LogP contribution in [0, 0.1) is 23.2 Å². The molecular formula is C18H19F3N6O2. The molecule has 3 rings (SSSR count). The number of H-pyrrole nitrogens is 1. The van der Waals surface area contributed by atoms with Gasteiger partial charge in [-0.2, -0.15) is 18.4 Å². The van der Waals surface area contributed by atoms with Gasteiger partial charge in [-0.25, -0.2) is 9.97 Å². The molecule has 0 bridgehead atoms. The van der Waals surface area contributed by atoms with Gasteiger partial charge in [0.15, 0.2) is 5.92 Å². The highest BCUT2D eigenvalue weighted by Crippen LogP contribution is 2.30. The smallest absolute Gasteiger partial charge is 0.354 e. The van der Waals surface area contributed by atoms with Crippen LogP contribution in [0.5, 0.6) is 0 Å². The van der Waals surface area contributed by atoms with E-state index in [0.29, 0.717) is 17.9 Å². The first kappa shape index (κ1) is 20.6. The molecule has 3 heterocycles. The van der Waals surface area contributed by atoms with Crippen molar-refractivity contribution in [2.75, 3.05) is 25.0 Å². The summed E-state index contributed by atoms with van der Waals surface area (Å²) in [5.74, 6) is -5.12. The predicted molar refractivity (Wildman–Crippen MR) is 96.6 cm³/mol. The van der Waals surface area contributed by atoms with Crippen molar-refractivity contribution in [1.82, 2.24) is 19.9 Å². The molecule has 29 heavy (non-hydrogen) atoms. The van der Waals surface area contributed by atoms with Crippen molar-refractivity contribution in [2.24, 2.45) is 11.8 Å². The van der Waals surface area contributed by atoms with Crippen LogP contribution in [-0.4, -0.2) is 63.9 Å². The number of anilines is 1. The van der Waals surface area contributed by atoms with E-state index >= 15 is 0 Å². The molecule has 0 aliphatic carbocycles. The SMILES string of the molecule is C[C@@H]1CCN(C(=O)C(C#N)C(=O)C(F)(F)F)C[C@@H]1N(C)c1ncnc2[nH]ccc12. The van der Waals surface area contributed by atoms with Gasteiger partial charge in [0.2, 0.25) is 5.91 Å². The number of nitrogens with one attached hydrogen (secondary N) is 1. The van der Waals surface area contributed by atoms with E-state index in [1.165, 1.54) is 12.4 Å². The van der Waals surface area contributed by atoms with Crippen molar-refractivity contribution in [3.05, 3.63) is 18.6 Å². The van der Waals surface area contributed by atoms with E-state index in [0.717, 1.165) is 10.3 Å². The van der Waals surface area contributed by atoms with Gasteiger partial charge in [0.25, 0.3) is 5.78 Å². The molecule has 0 aromatic carbocycles. The molecule has 1 amide bonds. The number of rotatable bonds is 4. The number of alkyl halides is 3. The zero-order valence-electron chi connectivity index (χ0n) is 15.8. The Balaban J connectivity index is 1.83. The highest BCUT2D eigenvalue weighted by atomic mass is 19.4. The lowest BCUT2D eigenvalue weighted by molar-refractivity contribution is -0.176. The fourth-order valence-electron chi connectivity index (χ4n) is 3.62. The molecule has 11 heteroatoms. The van der Waals surface area contributed by atoms with E-state index in [-0.39, 0.29) is 25.0 Å². The molecule has 3 atom stereocenters. The van der Waals surface area contributed by atoms with E-state index in [2.05, 4.69) is 15.0 Å². The Labute approximate surface area is 164 Å². The Morgan fingerprint density at radius 2 is 2.14 bits per heavy atom. The zero-order chi connectivity index (χ0) is 21.3. The summed E-state index contributed by atoms with van der Waals surface area (Å²) in [4.78, 5) is 38.4. The average Bonchev–Trinajstić information content (AvgIpc) is 3.16. The van der Waals surface area contributed by atoms with Gasteiger partial charge in [-0.3, -0.25) is 9.59 Å². The molecule has 1 aliphatic rings. The summed E-state index contributed by atoms with van der Waals surface area (Å²) < 4.78 is 38.2. The molecule has 8 nitrogen and oxygen atoms in total. The third-order valence-corrected chi connectivity index (χ3v) is 5.31. The highest BCUT2D eigenvalue weighted by molar-refractivity contribution is 6.06. The fourth-order valence-corrected chi connectivity index (χ4v) is 3.62. The van der Waals surface area contributed by atoms with E-state index in [9.17, 15) is 22.8 Å². The Bertz CT molecular complexity index is 966. The molecule has 1 fully saturated rings. The van der Waals surface area contributed by atoms with E-state index in [1.54, 1.807) is 13.2 Å². The van der Waals surface area contributed by atoms with Gasteiger partial charge in [-0.05, 0) is 18.4 Å². The maximum Gasteiger partial charge on any atom is 0.451 e. The second kappa shape index (κ2) is 7.69. The quantitative estimate of drug-likeness (QED) is 0.775. The minimum absolute atomic E-state index is 0.0791. The van der Waals surface area contributed by atoms with E-state index < -0.39 is 23.8 Å². The summed E-state index contributed by atoms with van der Waals surface area (Å²) in [5.41, 5.74) is 0.638. The third kappa shape index (κ3) is 3.87. The molecule has 1 aliphatic heterocycles. The topological polar surface area (TPSA) is 106 Å². The van der Waals surface area contributed by atoms with Crippen LogP contribution in [0.1, 0.15) is 13.3 Å². The van der Waals surface area contributed by atoms with Crippen molar-refractivity contribution >= 4 is 28.5 Å². The van der Waals surface area contributed by atoms with Crippen LogP contribution >= 0.6 is 0 Å². The molecule has 1 unspecified atom stereocenters. The fraction of sp³-hybridized carbons (Fsp3) is 0.500. The number of hydrogen-bond acceptors (Lipinski definition) is 6. The molecule has 2 aromatic rings. The number of aromatic amines is 1. The largest absolute Gasteiger partial charge is 0.451 e. The highest BCUT2D eigenvalue weighted by Gasteiger charge is 2.48. The number of likely N-dealkylation sites (N-methyl/N-ethyl adjacent to an activating group) is 1. The molecule has 0 saturated carbocycles. The lowest BCUT2D eigenvalue weighted by Crippen LogP contribution is -2.55. The van der Waals surface area contributed by atoms with Gasteiger partial charge >= 0.3 is 6.18 Å². The van der Waals surface area contributed by atoms with Crippen LogP contribution in [0.2, 0.25) is 0 Å². The third-order valence-electron chi connectivity index (χ3n) is 5.31. The maximum absolute atomic E-state index is 12.7. The van der Waals surface area contributed by atoms with Gasteiger partial charge in [-0.15, -0.1) is 0 Å². The van der Waals surface area contributed by atoms with E-state index in [4.69, 9.17) is 5.26 Å². The van der Waals surface area contributed by atoms with Crippen molar-refractivity contribution < 1.29 is 22.8 Å². The van der Waals surface area contributed by atoms with Crippen LogP contribution in [0.4, 0.5) is 19.0 Å². The van der Waals surface area contributed by atoms with Crippen molar-refractivity contribution in [2.45, 2.75) is 25.6 Å². The van der Waals surface area contributed by atoms with Gasteiger partial charge < -0.3 is 14.8 Å². The molecule has 0 spiro atoms. The number of likely N-dealkylation sites (tertiary alicyclic amines) is 1. The van der Waals surface area contributed by atoms with E-state index in [1.807, 2.05) is 17.9 Å². The van der Waals surface area contributed by atoms with Crippen molar-refractivity contribution in [3.8, 4) is 6.07 Å². The predicted octanol–water partition coefficient (Wildman–Crippen LogP) is 1.90. The summed E-state index contributed by atoms with van der Waals surface area (Å²) >= 11 is 0. The van der Waals surface area contributed by atoms with Crippen LogP contribution in [-0.2, 0) is 9.59 Å². The first-order chi connectivity index (χ1) is 13.6. The summed E-state index contributed by atoms with van der Waals surface area (Å²) in [6.07, 6.45) is -1.61. The van der Waals surface area contributed by atoms with Crippen molar-refractivity contribution in [3.63, 3.8) is 0 Å². The summed E-state index contributed by atoms with van der Waals surface area (Å²) in [6.45, 7) is 2.23.